The molecule has 0 radical (unpaired) electrons. The molecule has 1 unspecified atom stereocenters. The Hall–Kier alpha value is -0.500. The molecular formula is C17H27BrO. The molecule has 0 N–H and O–H groups in total. The highest BCUT2D eigenvalue weighted by Crippen LogP contribution is 2.28. The van der Waals surface area contributed by atoms with Gasteiger partial charge in [-0.1, -0.05) is 62.2 Å². The third-order valence-corrected chi connectivity index (χ3v) is 4.84. The van der Waals surface area contributed by atoms with Gasteiger partial charge in [0.25, 0.3) is 0 Å². The highest BCUT2D eigenvalue weighted by Gasteiger charge is 2.17. The van der Waals surface area contributed by atoms with Crippen molar-refractivity contribution in [3.63, 3.8) is 0 Å². The number of hydrogen-bond donors (Lipinski definition) is 0. The van der Waals surface area contributed by atoms with Gasteiger partial charge in [-0.2, -0.15) is 0 Å². The van der Waals surface area contributed by atoms with Gasteiger partial charge in [-0.25, -0.2) is 0 Å². The normalized spacial score (nSPS) is 13.3. The van der Waals surface area contributed by atoms with Crippen LogP contribution in [0.1, 0.15) is 52.5 Å². The van der Waals surface area contributed by atoms with E-state index in [1.807, 2.05) is 0 Å². The van der Waals surface area contributed by atoms with Gasteiger partial charge in [0.15, 0.2) is 0 Å². The Morgan fingerprint density at radius 3 is 2.26 bits per heavy atom. The van der Waals surface area contributed by atoms with Crippen LogP contribution in [0.3, 0.4) is 0 Å². The van der Waals surface area contributed by atoms with E-state index < -0.39 is 0 Å². The lowest BCUT2D eigenvalue weighted by Crippen LogP contribution is -2.15. The Morgan fingerprint density at radius 2 is 1.79 bits per heavy atom. The molecule has 0 amide bonds. The molecule has 1 aromatic rings. The first-order chi connectivity index (χ1) is 9.03. The minimum Gasteiger partial charge on any atom is -0.493 e. The summed E-state index contributed by atoms with van der Waals surface area (Å²) in [5, 5.41) is 1.02. The predicted octanol–water partition coefficient (Wildman–Crippen LogP) is 5.56. The summed E-state index contributed by atoms with van der Waals surface area (Å²) in [6, 6.07) is 8.59. The molecule has 2 heteroatoms. The Balaban J connectivity index is 2.57. The number of hydrogen-bond acceptors (Lipinski definition) is 1. The topological polar surface area (TPSA) is 9.23 Å². The van der Waals surface area contributed by atoms with Crippen LogP contribution in [0.5, 0.6) is 5.75 Å². The molecule has 0 aliphatic heterocycles. The fraction of sp³-hybridized carbons (Fsp3) is 0.647. The van der Waals surface area contributed by atoms with E-state index in [0.717, 1.165) is 24.1 Å². The van der Waals surface area contributed by atoms with Crippen LogP contribution in [-0.4, -0.2) is 11.9 Å². The number of ether oxygens (including phenoxy) is 1. The first kappa shape index (κ1) is 16.6. The van der Waals surface area contributed by atoms with Crippen LogP contribution in [0.4, 0.5) is 0 Å². The van der Waals surface area contributed by atoms with Crippen molar-refractivity contribution in [2.45, 2.75) is 52.4 Å². The van der Waals surface area contributed by atoms with Crippen LogP contribution in [0.2, 0.25) is 0 Å². The van der Waals surface area contributed by atoms with Crippen molar-refractivity contribution in [2.75, 3.05) is 11.9 Å². The van der Waals surface area contributed by atoms with Crippen molar-refractivity contribution in [1.29, 1.82) is 0 Å². The number of halogens is 1. The first-order valence-corrected chi connectivity index (χ1v) is 8.45. The average molecular weight is 327 g/mol. The Labute approximate surface area is 126 Å². The molecule has 0 saturated carbocycles. The van der Waals surface area contributed by atoms with Crippen LogP contribution in [0.15, 0.2) is 24.3 Å². The van der Waals surface area contributed by atoms with Gasteiger partial charge in [0.1, 0.15) is 5.75 Å². The second-order valence-electron chi connectivity index (χ2n) is 5.88. The summed E-state index contributed by atoms with van der Waals surface area (Å²) in [4.78, 5) is 0. The summed E-state index contributed by atoms with van der Waals surface area (Å²) in [7, 11) is 0. The fourth-order valence-corrected chi connectivity index (χ4v) is 2.54. The smallest absolute Gasteiger partial charge is 0.119 e. The third kappa shape index (κ3) is 5.18. The molecule has 0 saturated heterocycles. The first-order valence-electron chi connectivity index (χ1n) is 7.32. The number of benzene rings is 1. The van der Waals surface area contributed by atoms with Crippen LogP contribution in [0.25, 0.3) is 0 Å². The maximum atomic E-state index is 5.88. The summed E-state index contributed by atoms with van der Waals surface area (Å²) in [5.74, 6) is 1.59. The summed E-state index contributed by atoms with van der Waals surface area (Å²) < 4.78 is 5.88. The van der Waals surface area contributed by atoms with Crippen molar-refractivity contribution in [3.05, 3.63) is 29.8 Å². The number of alkyl halides is 1. The molecule has 1 rings (SSSR count). The zero-order chi connectivity index (χ0) is 14.3. The minimum atomic E-state index is 0.249. The van der Waals surface area contributed by atoms with Crippen LogP contribution >= 0.6 is 15.9 Å². The molecule has 1 aromatic carbocycles. The van der Waals surface area contributed by atoms with Gasteiger partial charge in [-0.05, 0) is 36.0 Å². The predicted molar refractivity (Wildman–Crippen MR) is 87.4 cm³/mol. The average Bonchev–Trinajstić information content (AvgIpc) is 2.44. The molecule has 0 aliphatic carbocycles. The summed E-state index contributed by atoms with van der Waals surface area (Å²) in [5.41, 5.74) is 1.63. The van der Waals surface area contributed by atoms with Crippen molar-refractivity contribution in [2.24, 2.45) is 5.92 Å². The van der Waals surface area contributed by atoms with Crippen LogP contribution < -0.4 is 4.74 Å². The lowest BCUT2D eigenvalue weighted by molar-refractivity contribution is 0.255. The summed E-state index contributed by atoms with van der Waals surface area (Å²) in [6.45, 7) is 9.82. The summed E-state index contributed by atoms with van der Waals surface area (Å²) in [6.07, 6.45) is 3.57. The van der Waals surface area contributed by atoms with Crippen molar-refractivity contribution in [1.82, 2.24) is 0 Å². The van der Waals surface area contributed by atoms with E-state index in [1.165, 1.54) is 18.4 Å². The SMILES string of the molecule is CCCC(CBr)COc1ccc(C(C)(C)CC)cc1. The van der Waals surface area contributed by atoms with Crippen molar-refractivity contribution < 1.29 is 4.74 Å². The largest absolute Gasteiger partial charge is 0.493 e. The van der Waals surface area contributed by atoms with Gasteiger partial charge >= 0.3 is 0 Å². The molecule has 19 heavy (non-hydrogen) atoms. The zero-order valence-electron chi connectivity index (χ0n) is 12.7. The molecule has 108 valence electrons. The maximum Gasteiger partial charge on any atom is 0.119 e. The van der Waals surface area contributed by atoms with Gasteiger partial charge in [0.05, 0.1) is 6.61 Å². The second-order valence-corrected chi connectivity index (χ2v) is 6.53. The molecule has 0 heterocycles. The van der Waals surface area contributed by atoms with Crippen molar-refractivity contribution in [3.8, 4) is 5.75 Å². The minimum absolute atomic E-state index is 0.249. The van der Waals surface area contributed by atoms with Gasteiger partial charge in [0.2, 0.25) is 0 Å². The van der Waals surface area contributed by atoms with Crippen LogP contribution in [-0.2, 0) is 5.41 Å². The molecule has 1 atom stereocenters. The Kier molecular flexibility index (Phi) is 6.92. The van der Waals surface area contributed by atoms with Crippen molar-refractivity contribution >= 4 is 15.9 Å². The molecule has 0 aliphatic rings. The lowest BCUT2D eigenvalue weighted by atomic mass is 9.82. The highest BCUT2D eigenvalue weighted by molar-refractivity contribution is 9.09. The zero-order valence-corrected chi connectivity index (χ0v) is 14.3. The molecular weight excluding hydrogens is 300 g/mol. The van der Waals surface area contributed by atoms with E-state index >= 15 is 0 Å². The molecule has 0 fully saturated rings. The van der Waals surface area contributed by atoms with E-state index in [4.69, 9.17) is 4.74 Å². The van der Waals surface area contributed by atoms with E-state index in [-0.39, 0.29) is 5.41 Å². The highest BCUT2D eigenvalue weighted by atomic mass is 79.9. The fourth-order valence-electron chi connectivity index (χ4n) is 2.03. The van der Waals surface area contributed by atoms with E-state index in [0.29, 0.717) is 5.92 Å². The van der Waals surface area contributed by atoms with Gasteiger partial charge in [0, 0.05) is 11.2 Å². The molecule has 0 bridgehead atoms. The Bertz CT molecular complexity index is 356. The second kappa shape index (κ2) is 7.94. The maximum absolute atomic E-state index is 5.88. The van der Waals surface area contributed by atoms with E-state index in [2.05, 4.69) is 67.9 Å². The standard InChI is InChI=1S/C17H27BrO/c1-5-7-14(12-18)13-19-16-10-8-15(9-11-16)17(3,4)6-2/h8-11,14H,5-7,12-13H2,1-4H3. The molecule has 1 nitrogen and oxygen atoms in total. The quantitative estimate of drug-likeness (QED) is 0.568. The van der Waals surface area contributed by atoms with Crippen LogP contribution in [0, 0.1) is 5.92 Å². The molecule has 0 aromatic heterocycles. The van der Waals surface area contributed by atoms with Gasteiger partial charge < -0.3 is 4.74 Å². The number of rotatable bonds is 8. The van der Waals surface area contributed by atoms with E-state index in [9.17, 15) is 0 Å². The molecule has 0 spiro atoms. The summed E-state index contributed by atoms with van der Waals surface area (Å²) >= 11 is 3.56. The Morgan fingerprint density at radius 1 is 1.16 bits per heavy atom. The lowest BCUT2D eigenvalue weighted by Gasteiger charge is -2.23. The van der Waals surface area contributed by atoms with Gasteiger partial charge in [-0.3, -0.25) is 0 Å². The monoisotopic (exact) mass is 326 g/mol. The van der Waals surface area contributed by atoms with Gasteiger partial charge in [-0.15, -0.1) is 0 Å². The third-order valence-electron chi connectivity index (χ3n) is 3.92. The van der Waals surface area contributed by atoms with E-state index in [1.54, 1.807) is 0 Å².